The average Bonchev–Trinajstić information content (AvgIpc) is 2.82. The molecule has 0 fully saturated rings. The van der Waals surface area contributed by atoms with E-state index in [0.29, 0.717) is 29.6 Å². The van der Waals surface area contributed by atoms with Crippen LogP contribution in [0.5, 0.6) is 5.75 Å². The molecule has 0 aliphatic carbocycles. The third-order valence-electron chi connectivity index (χ3n) is 2.83. The molecule has 0 bridgehead atoms. The first kappa shape index (κ1) is 15.3. The molecule has 0 aliphatic rings. The number of amides is 1. The van der Waals surface area contributed by atoms with Gasteiger partial charge in [0.25, 0.3) is 5.91 Å². The molecule has 3 N–H and O–H groups in total. The maximum atomic E-state index is 11.7. The van der Waals surface area contributed by atoms with Crippen molar-refractivity contribution in [3.05, 3.63) is 30.0 Å². The molecule has 0 atom stereocenters. The van der Waals surface area contributed by atoms with Gasteiger partial charge in [0.1, 0.15) is 10.6 Å². The van der Waals surface area contributed by atoms with E-state index in [2.05, 4.69) is 5.32 Å². The van der Waals surface area contributed by atoms with Crippen LogP contribution in [0.4, 0.5) is 0 Å². The number of nitrogens with one attached hydrogen (secondary N) is 1. The van der Waals surface area contributed by atoms with Crippen molar-refractivity contribution in [2.75, 3.05) is 13.2 Å². The Morgan fingerprint density at radius 2 is 2.14 bits per heavy atom. The molecule has 1 aromatic heterocycles. The number of hydrogen-bond acceptors (Lipinski definition) is 4. The Hall–Kier alpha value is -2.08. The second kappa shape index (κ2) is 6.58. The van der Waals surface area contributed by atoms with Crippen LogP contribution in [0.1, 0.15) is 19.6 Å². The van der Waals surface area contributed by atoms with Gasteiger partial charge < -0.3 is 20.2 Å². The van der Waals surface area contributed by atoms with Gasteiger partial charge in [0.05, 0.1) is 5.39 Å². The van der Waals surface area contributed by atoms with E-state index in [1.807, 2.05) is 32.0 Å². The van der Waals surface area contributed by atoms with Crippen molar-refractivity contribution in [3.8, 4) is 5.75 Å². The lowest BCUT2D eigenvalue weighted by Crippen LogP contribution is -2.31. The maximum absolute atomic E-state index is 11.7. The largest absolute Gasteiger partial charge is 0.479 e. The topological polar surface area (TPSA) is 77.5 Å². The Kier molecular flexibility index (Phi) is 4.80. The van der Waals surface area contributed by atoms with E-state index in [1.54, 1.807) is 6.07 Å². The van der Waals surface area contributed by atoms with Crippen LogP contribution >= 0.6 is 12.2 Å². The van der Waals surface area contributed by atoms with Crippen LogP contribution in [0.25, 0.3) is 11.0 Å². The number of ether oxygens (including phenoxy) is 1. The zero-order chi connectivity index (χ0) is 15.4. The first-order valence-corrected chi connectivity index (χ1v) is 7.10. The van der Waals surface area contributed by atoms with Crippen molar-refractivity contribution < 1.29 is 13.9 Å². The van der Waals surface area contributed by atoms with E-state index in [-0.39, 0.29) is 17.5 Å². The third kappa shape index (κ3) is 3.72. The molecule has 0 saturated heterocycles. The van der Waals surface area contributed by atoms with E-state index < -0.39 is 0 Å². The van der Waals surface area contributed by atoms with E-state index >= 15 is 0 Å². The second-order valence-electron chi connectivity index (χ2n) is 5.11. The van der Waals surface area contributed by atoms with Gasteiger partial charge in [-0.05, 0) is 18.1 Å². The van der Waals surface area contributed by atoms with E-state index in [0.717, 1.165) is 5.39 Å². The number of fused-ring (bicyclic) bond motifs is 1. The molecule has 0 radical (unpaired) electrons. The standard InChI is InChI=1S/C15H18N2O3S/c1-9(2)7-17-12(18)8-19-13-10-5-3-4-6-11(10)20-14(13)15(16)21/h3-6,9H,7-8H2,1-2H3,(H2,16,21)(H,17,18). The molecule has 0 unspecified atom stereocenters. The van der Waals surface area contributed by atoms with Gasteiger partial charge in [0.2, 0.25) is 5.76 Å². The minimum absolute atomic E-state index is 0.101. The summed E-state index contributed by atoms with van der Waals surface area (Å²) in [4.78, 5) is 11.8. The lowest BCUT2D eigenvalue weighted by Gasteiger charge is -2.09. The summed E-state index contributed by atoms with van der Waals surface area (Å²) in [7, 11) is 0. The van der Waals surface area contributed by atoms with Crippen molar-refractivity contribution in [2.45, 2.75) is 13.8 Å². The van der Waals surface area contributed by atoms with Crippen molar-refractivity contribution >= 4 is 34.1 Å². The quantitative estimate of drug-likeness (QED) is 0.800. The van der Waals surface area contributed by atoms with Gasteiger partial charge in [0, 0.05) is 6.54 Å². The highest BCUT2D eigenvalue weighted by atomic mass is 32.1. The van der Waals surface area contributed by atoms with E-state index in [9.17, 15) is 4.79 Å². The normalized spacial score (nSPS) is 10.8. The fourth-order valence-electron chi connectivity index (χ4n) is 1.83. The van der Waals surface area contributed by atoms with E-state index in [4.69, 9.17) is 27.1 Å². The number of furan rings is 1. The minimum atomic E-state index is -0.192. The molecule has 0 saturated carbocycles. The molecular weight excluding hydrogens is 288 g/mol. The number of thiocarbonyl (C=S) groups is 1. The van der Waals surface area contributed by atoms with Crippen LogP contribution in [0.15, 0.2) is 28.7 Å². The van der Waals surface area contributed by atoms with Crippen molar-refractivity contribution in [1.82, 2.24) is 5.32 Å². The van der Waals surface area contributed by atoms with Gasteiger partial charge in [-0.1, -0.05) is 38.2 Å². The Labute approximate surface area is 128 Å². The number of para-hydroxylation sites is 1. The molecule has 2 rings (SSSR count). The Morgan fingerprint density at radius 1 is 1.43 bits per heavy atom. The van der Waals surface area contributed by atoms with Gasteiger partial charge in [-0.25, -0.2) is 0 Å². The molecule has 1 amide bonds. The summed E-state index contributed by atoms with van der Waals surface area (Å²) in [5, 5.41) is 3.53. The van der Waals surface area contributed by atoms with Gasteiger partial charge in [-0.15, -0.1) is 0 Å². The smallest absolute Gasteiger partial charge is 0.257 e. The number of rotatable bonds is 6. The molecule has 1 aromatic carbocycles. The van der Waals surface area contributed by atoms with Gasteiger partial charge >= 0.3 is 0 Å². The molecule has 2 aromatic rings. The lowest BCUT2D eigenvalue weighted by atomic mass is 10.2. The Morgan fingerprint density at radius 3 is 2.81 bits per heavy atom. The number of nitrogens with two attached hydrogens (primary N) is 1. The Balaban J connectivity index is 2.15. The van der Waals surface area contributed by atoms with Gasteiger partial charge in [-0.2, -0.15) is 0 Å². The van der Waals surface area contributed by atoms with Crippen LogP contribution in [0.3, 0.4) is 0 Å². The molecule has 5 nitrogen and oxygen atoms in total. The SMILES string of the molecule is CC(C)CNC(=O)COc1c(C(N)=S)oc2ccccc12. The van der Waals surface area contributed by atoms with Gasteiger partial charge in [-0.3, -0.25) is 4.79 Å². The molecule has 1 heterocycles. The first-order chi connectivity index (χ1) is 9.99. The number of carbonyl (C=O) groups excluding carboxylic acids is 1. The minimum Gasteiger partial charge on any atom is -0.479 e. The van der Waals surface area contributed by atoms with Crippen LogP contribution in [-0.4, -0.2) is 24.0 Å². The van der Waals surface area contributed by atoms with Crippen LogP contribution < -0.4 is 15.8 Å². The maximum Gasteiger partial charge on any atom is 0.257 e. The summed E-state index contributed by atoms with van der Waals surface area (Å²) in [6.07, 6.45) is 0. The molecule has 0 aliphatic heterocycles. The highest BCUT2D eigenvalue weighted by molar-refractivity contribution is 7.80. The molecular formula is C15H18N2O3S. The summed E-state index contributed by atoms with van der Waals surface area (Å²) < 4.78 is 11.1. The number of hydrogen-bond donors (Lipinski definition) is 2. The van der Waals surface area contributed by atoms with Crippen LogP contribution in [0, 0.1) is 5.92 Å². The fraction of sp³-hybridized carbons (Fsp3) is 0.333. The molecule has 21 heavy (non-hydrogen) atoms. The summed E-state index contributed by atoms with van der Waals surface area (Å²) in [6.45, 7) is 4.55. The van der Waals surface area contributed by atoms with Crippen LogP contribution in [-0.2, 0) is 4.79 Å². The summed E-state index contributed by atoms with van der Waals surface area (Å²) in [5.41, 5.74) is 6.26. The van der Waals surface area contributed by atoms with Crippen molar-refractivity contribution in [2.24, 2.45) is 11.7 Å². The van der Waals surface area contributed by atoms with Crippen LogP contribution in [0.2, 0.25) is 0 Å². The van der Waals surface area contributed by atoms with Gasteiger partial charge in [0.15, 0.2) is 12.4 Å². The monoisotopic (exact) mass is 306 g/mol. The first-order valence-electron chi connectivity index (χ1n) is 6.70. The lowest BCUT2D eigenvalue weighted by molar-refractivity contribution is -0.123. The Bertz CT molecular complexity index is 664. The van der Waals surface area contributed by atoms with Crippen molar-refractivity contribution in [3.63, 3.8) is 0 Å². The number of benzene rings is 1. The summed E-state index contributed by atoms with van der Waals surface area (Å²) in [5.74, 6) is 0.902. The fourth-order valence-corrected chi connectivity index (χ4v) is 1.97. The van der Waals surface area contributed by atoms with E-state index in [1.165, 1.54) is 0 Å². The molecule has 6 heteroatoms. The number of carbonyl (C=O) groups is 1. The molecule has 112 valence electrons. The zero-order valence-corrected chi connectivity index (χ0v) is 12.8. The summed E-state index contributed by atoms with van der Waals surface area (Å²) in [6, 6.07) is 7.33. The summed E-state index contributed by atoms with van der Waals surface area (Å²) >= 11 is 4.96. The zero-order valence-electron chi connectivity index (χ0n) is 12.0. The molecule has 0 spiro atoms. The van der Waals surface area contributed by atoms with Crippen molar-refractivity contribution in [1.29, 1.82) is 0 Å². The highest BCUT2D eigenvalue weighted by Gasteiger charge is 2.18. The predicted octanol–water partition coefficient (Wildman–Crippen LogP) is 2.22. The predicted molar refractivity (Wildman–Crippen MR) is 85.4 cm³/mol. The second-order valence-corrected chi connectivity index (χ2v) is 5.55. The average molecular weight is 306 g/mol. The third-order valence-corrected chi connectivity index (χ3v) is 3.01. The highest BCUT2D eigenvalue weighted by Crippen LogP contribution is 2.32.